The van der Waals surface area contributed by atoms with Crippen LogP contribution < -0.4 is 10.1 Å². The van der Waals surface area contributed by atoms with E-state index in [2.05, 4.69) is 5.32 Å². The third-order valence-electron chi connectivity index (χ3n) is 3.06. The number of amides is 1. The van der Waals surface area contributed by atoms with E-state index in [9.17, 15) is 9.90 Å². The van der Waals surface area contributed by atoms with E-state index in [0.717, 1.165) is 11.1 Å². The number of carbonyl (C=O) groups is 1. The number of halogens is 1. The Labute approximate surface area is 128 Å². The summed E-state index contributed by atoms with van der Waals surface area (Å²) in [7, 11) is 1.44. The number of carbonyl (C=O) groups excluding carboxylic acids is 1. The summed E-state index contributed by atoms with van der Waals surface area (Å²) in [5.41, 5.74) is 2.12. The molecule has 2 rings (SSSR count). The highest BCUT2D eigenvalue weighted by atomic mass is 35.5. The van der Waals surface area contributed by atoms with E-state index in [1.807, 2.05) is 24.3 Å². The number of nitrogens with one attached hydrogen (secondary N) is 1. The first-order valence-corrected chi connectivity index (χ1v) is 6.97. The number of hydrogen-bond acceptors (Lipinski definition) is 3. The molecule has 0 aliphatic carbocycles. The molecule has 0 saturated carbocycles. The van der Waals surface area contributed by atoms with Crippen molar-refractivity contribution in [2.75, 3.05) is 7.11 Å². The standard InChI is InChI=1S/C16H16ClNO3/c1-21-14-7-3-6-13(15(14)19)16(20)18-10-12-5-2-4-11(8-12)9-17/h2-8,19H,9-10H2,1H3,(H,18,20). The average Bonchev–Trinajstić information content (AvgIpc) is 2.53. The number of aromatic hydroxyl groups is 1. The van der Waals surface area contributed by atoms with Gasteiger partial charge >= 0.3 is 0 Å². The zero-order valence-electron chi connectivity index (χ0n) is 11.6. The Morgan fingerprint density at radius 2 is 1.95 bits per heavy atom. The van der Waals surface area contributed by atoms with Crippen molar-refractivity contribution in [1.29, 1.82) is 0 Å². The third-order valence-corrected chi connectivity index (χ3v) is 3.37. The van der Waals surface area contributed by atoms with Crippen LogP contribution in [0, 0.1) is 0 Å². The summed E-state index contributed by atoms with van der Waals surface area (Å²) in [6.07, 6.45) is 0. The van der Waals surface area contributed by atoms with Crippen LogP contribution in [0.1, 0.15) is 21.5 Å². The minimum Gasteiger partial charge on any atom is -0.504 e. The summed E-state index contributed by atoms with van der Waals surface area (Å²) in [5.74, 6) is 0.180. The molecule has 110 valence electrons. The molecule has 0 atom stereocenters. The van der Waals surface area contributed by atoms with Crippen LogP contribution in [0.3, 0.4) is 0 Å². The summed E-state index contributed by atoms with van der Waals surface area (Å²) in [6.45, 7) is 0.361. The summed E-state index contributed by atoms with van der Waals surface area (Å²) in [4.78, 5) is 12.1. The number of hydrogen-bond donors (Lipinski definition) is 2. The van der Waals surface area contributed by atoms with Gasteiger partial charge in [-0.1, -0.05) is 30.3 Å². The van der Waals surface area contributed by atoms with E-state index in [0.29, 0.717) is 12.4 Å². The number of methoxy groups -OCH3 is 1. The number of ether oxygens (including phenoxy) is 1. The second-order valence-electron chi connectivity index (χ2n) is 4.49. The summed E-state index contributed by atoms with van der Waals surface area (Å²) in [6, 6.07) is 12.4. The van der Waals surface area contributed by atoms with Crippen molar-refractivity contribution in [3.05, 3.63) is 59.2 Å². The number of para-hydroxylation sites is 1. The van der Waals surface area contributed by atoms with Crippen LogP contribution in [0.25, 0.3) is 0 Å². The SMILES string of the molecule is COc1cccc(C(=O)NCc2cccc(CCl)c2)c1O. The van der Waals surface area contributed by atoms with Crippen molar-refractivity contribution in [2.45, 2.75) is 12.4 Å². The van der Waals surface area contributed by atoms with E-state index in [1.165, 1.54) is 7.11 Å². The Morgan fingerprint density at radius 3 is 2.67 bits per heavy atom. The van der Waals surface area contributed by atoms with Crippen LogP contribution in [0.15, 0.2) is 42.5 Å². The highest BCUT2D eigenvalue weighted by Gasteiger charge is 2.14. The van der Waals surface area contributed by atoms with Crippen LogP contribution in [-0.2, 0) is 12.4 Å². The largest absolute Gasteiger partial charge is 0.504 e. The topological polar surface area (TPSA) is 58.6 Å². The Balaban J connectivity index is 2.08. The molecule has 2 aromatic carbocycles. The predicted octanol–water partition coefficient (Wildman–Crippen LogP) is 3.07. The zero-order chi connectivity index (χ0) is 15.2. The summed E-state index contributed by atoms with van der Waals surface area (Å²) >= 11 is 5.78. The number of phenolic OH excluding ortho intramolecular Hbond substituents is 1. The Kier molecular flexibility index (Phi) is 5.06. The third kappa shape index (κ3) is 3.67. The van der Waals surface area contributed by atoms with Gasteiger partial charge in [0.15, 0.2) is 11.5 Å². The van der Waals surface area contributed by atoms with Crippen LogP contribution in [0.4, 0.5) is 0 Å². The van der Waals surface area contributed by atoms with Gasteiger partial charge in [0.1, 0.15) is 0 Å². The molecule has 0 fully saturated rings. The molecule has 0 aliphatic heterocycles. The molecule has 0 aromatic heterocycles. The van der Waals surface area contributed by atoms with Gasteiger partial charge in [-0.25, -0.2) is 0 Å². The lowest BCUT2D eigenvalue weighted by molar-refractivity contribution is 0.0947. The molecule has 0 aliphatic rings. The van der Waals surface area contributed by atoms with Crippen molar-refractivity contribution in [3.8, 4) is 11.5 Å². The maximum Gasteiger partial charge on any atom is 0.255 e. The molecule has 0 radical (unpaired) electrons. The molecule has 0 spiro atoms. The molecule has 5 heteroatoms. The van der Waals surface area contributed by atoms with Gasteiger partial charge in [0.25, 0.3) is 5.91 Å². The lowest BCUT2D eigenvalue weighted by Gasteiger charge is -2.10. The molecule has 0 unspecified atom stereocenters. The first-order chi connectivity index (χ1) is 10.2. The van der Waals surface area contributed by atoms with E-state index in [1.54, 1.807) is 18.2 Å². The normalized spacial score (nSPS) is 10.2. The van der Waals surface area contributed by atoms with E-state index in [-0.39, 0.29) is 23.0 Å². The first-order valence-electron chi connectivity index (χ1n) is 6.43. The molecule has 2 N–H and O–H groups in total. The minimum absolute atomic E-state index is 0.160. The maximum absolute atomic E-state index is 12.1. The molecule has 0 saturated heterocycles. The molecular formula is C16H16ClNO3. The fraction of sp³-hybridized carbons (Fsp3) is 0.188. The first kappa shape index (κ1) is 15.2. The molecule has 4 nitrogen and oxygen atoms in total. The molecule has 2 aromatic rings. The summed E-state index contributed by atoms with van der Waals surface area (Å²) < 4.78 is 4.98. The van der Waals surface area contributed by atoms with Gasteiger partial charge < -0.3 is 15.2 Å². The van der Waals surface area contributed by atoms with Crippen molar-refractivity contribution >= 4 is 17.5 Å². The van der Waals surface area contributed by atoms with Crippen LogP contribution in [-0.4, -0.2) is 18.1 Å². The molecule has 1 amide bonds. The number of phenols is 1. The second-order valence-corrected chi connectivity index (χ2v) is 4.76. The van der Waals surface area contributed by atoms with Gasteiger partial charge in [-0.3, -0.25) is 4.79 Å². The lowest BCUT2D eigenvalue weighted by atomic mass is 10.1. The zero-order valence-corrected chi connectivity index (χ0v) is 12.4. The van der Waals surface area contributed by atoms with Crippen LogP contribution >= 0.6 is 11.6 Å². The Morgan fingerprint density at radius 1 is 1.24 bits per heavy atom. The predicted molar refractivity (Wildman–Crippen MR) is 81.8 cm³/mol. The highest BCUT2D eigenvalue weighted by Crippen LogP contribution is 2.29. The van der Waals surface area contributed by atoms with Crippen LogP contribution in [0.2, 0.25) is 0 Å². The maximum atomic E-state index is 12.1. The van der Waals surface area contributed by atoms with Gasteiger partial charge in [0.05, 0.1) is 12.7 Å². The molecule has 21 heavy (non-hydrogen) atoms. The smallest absolute Gasteiger partial charge is 0.255 e. The van der Waals surface area contributed by atoms with Crippen molar-refractivity contribution in [3.63, 3.8) is 0 Å². The molecule has 0 heterocycles. The van der Waals surface area contributed by atoms with Gasteiger partial charge in [-0.05, 0) is 23.3 Å². The van der Waals surface area contributed by atoms with E-state index in [4.69, 9.17) is 16.3 Å². The average molecular weight is 306 g/mol. The number of benzene rings is 2. The fourth-order valence-corrected chi connectivity index (χ4v) is 2.14. The van der Waals surface area contributed by atoms with Crippen molar-refractivity contribution in [2.24, 2.45) is 0 Å². The van der Waals surface area contributed by atoms with Crippen molar-refractivity contribution < 1.29 is 14.6 Å². The second kappa shape index (κ2) is 6.99. The molecule has 0 bridgehead atoms. The fourth-order valence-electron chi connectivity index (χ4n) is 1.97. The van der Waals surface area contributed by atoms with Gasteiger partial charge in [0, 0.05) is 12.4 Å². The molecular weight excluding hydrogens is 290 g/mol. The van der Waals surface area contributed by atoms with E-state index < -0.39 is 0 Å². The van der Waals surface area contributed by atoms with Gasteiger partial charge in [0.2, 0.25) is 0 Å². The van der Waals surface area contributed by atoms with Gasteiger partial charge in [-0.2, -0.15) is 0 Å². The number of alkyl halides is 1. The monoisotopic (exact) mass is 305 g/mol. The summed E-state index contributed by atoms with van der Waals surface area (Å²) in [5, 5.41) is 12.7. The lowest BCUT2D eigenvalue weighted by Crippen LogP contribution is -2.23. The Hall–Kier alpha value is -2.20. The van der Waals surface area contributed by atoms with Crippen LogP contribution in [0.5, 0.6) is 11.5 Å². The van der Waals surface area contributed by atoms with Gasteiger partial charge in [-0.15, -0.1) is 11.6 Å². The van der Waals surface area contributed by atoms with E-state index >= 15 is 0 Å². The highest BCUT2D eigenvalue weighted by molar-refractivity contribution is 6.17. The minimum atomic E-state index is -0.359. The van der Waals surface area contributed by atoms with Crippen molar-refractivity contribution in [1.82, 2.24) is 5.32 Å². The quantitative estimate of drug-likeness (QED) is 0.835. The Bertz CT molecular complexity index is 643. The number of rotatable bonds is 5.